The molecule has 9 nitrogen and oxygen atoms in total. The Hall–Kier alpha value is -4.71. The molecule has 9 heteroatoms. The second kappa shape index (κ2) is 10.1. The van der Waals surface area contributed by atoms with E-state index >= 15 is 0 Å². The van der Waals surface area contributed by atoms with Gasteiger partial charge >= 0.3 is 0 Å². The number of H-pyrrole nitrogens is 2. The fraction of sp³-hybridized carbons (Fsp3) is 0.192. The number of nitriles is 1. The second-order valence-corrected chi connectivity index (χ2v) is 7.68. The summed E-state index contributed by atoms with van der Waals surface area (Å²) in [4.78, 5) is 27.8. The molecule has 3 N–H and O–H groups in total. The van der Waals surface area contributed by atoms with E-state index in [-0.39, 0.29) is 16.0 Å². The first kappa shape index (κ1) is 23.4. The molecule has 35 heavy (non-hydrogen) atoms. The number of aryl methyl sites for hydroxylation is 2. The first-order valence-electron chi connectivity index (χ1n) is 11.3. The van der Waals surface area contributed by atoms with Gasteiger partial charge in [0.05, 0.1) is 17.3 Å². The highest BCUT2D eigenvalue weighted by Gasteiger charge is 2.16. The molecule has 0 saturated heterocycles. The molecule has 3 aromatic heterocycles. The molecule has 0 unspecified atom stereocenters. The molecule has 2 aromatic carbocycles. The minimum atomic E-state index is -0.300. The van der Waals surface area contributed by atoms with Crippen molar-refractivity contribution in [1.29, 1.82) is 5.26 Å². The molecule has 0 radical (unpaired) electrons. The SMILES string of the molecule is CC.Cc1noc(-c2cc3cc(-c4nc(C(=O)NCc5ccc(C#N)cc5)[nH]c4C)ccc3[nH]2)n1.[HH].[HH].[HH]. The molecule has 1 amide bonds. The van der Waals surface area contributed by atoms with Crippen LogP contribution in [0.2, 0.25) is 0 Å². The van der Waals surface area contributed by atoms with Crippen LogP contribution in [-0.4, -0.2) is 31.0 Å². The van der Waals surface area contributed by atoms with Gasteiger partial charge in [0.2, 0.25) is 0 Å². The van der Waals surface area contributed by atoms with Gasteiger partial charge in [-0.05, 0) is 49.7 Å². The number of fused-ring (bicyclic) bond motifs is 1. The Labute approximate surface area is 206 Å². The molecule has 5 rings (SSSR count). The summed E-state index contributed by atoms with van der Waals surface area (Å²) in [6.07, 6.45) is 0. The summed E-state index contributed by atoms with van der Waals surface area (Å²) in [5.74, 6) is 0.946. The van der Waals surface area contributed by atoms with E-state index in [0.717, 1.165) is 33.4 Å². The number of aromatic nitrogens is 5. The average Bonchev–Trinajstić information content (AvgIpc) is 3.61. The molecular weight excluding hydrogens is 442 g/mol. The Bertz CT molecular complexity index is 1530. The number of hydrogen-bond donors (Lipinski definition) is 3. The van der Waals surface area contributed by atoms with Crippen molar-refractivity contribution in [2.75, 3.05) is 0 Å². The Balaban J connectivity index is 0.00000141. The zero-order valence-corrected chi connectivity index (χ0v) is 19.9. The van der Waals surface area contributed by atoms with Gasteiger partial charge in [0, 0.05) is 33.0 Å². The van der Waals surface area contributed by atoms with Crippen LogP contribution in [-0.2, 0) is 6.54 Å². The number of nitrogens with zero attached hydrogens (tertiary/aromatic N) is 4. The highest BCUT2D eigenvalue weighted by atomic mass is 16.5. The smallest absolute Gasteiger partial charge is 0.287 e. The predicted octanol–water partition coefficient (Wildman–Crippen LogP) is 5.79. The van der Waals surface area contributed by atoms with Crippen molar-refractivity contribution < 1.29 is 13.6 Å². The van der Waals surface area contributed by atoms with E-state index in [0.29, 0.717) is 29.5 Å². The van der Waals surface area contributed by atoms with Gasteiger partial charge in [-0.2, -0.15) is 10.2 Å². The maximum absolute atomic E-state index is 12.6. The first-order chi connectivity index (χ1) is 17.0. The van der Waals surface area contributed by atoms with Crippen molar-refractivity contribution in [3.63, 3.8) is 0 Å². The molecule has 5 aromatic rings. The van der Waals surface area contributed by atoms with Crippen molar-refractivity contribution in [2.24, 2.45) is 0 Å². The number of rotatable bonds is 5. The fourth-order valence-electron chi connectivity index (χ4n) is 3.61. The van der Waals surface area contributed by atoms with E-state index in [9.17, 15) is 4.79 Å². The number of imidazole rings is 1. The number of carbonyl (C=O) groups is 1. The second-order valence-electron chi connectivity index (χ2n) is 7.68. The van der Waals surface area contributed by atoms with Gasteiger partial charge in [0.15, 0.2) is 11.6 Å². The molecule has 0 saturated carbocycles. The average molecular weight is 474 g/mol. The monoisotopic (exact) mass is 473 g/mol. The van der Waals surface area contributed by atoms with E-state index in [1.54, 1.807) is 19.1 Å². The molecule has 0 aliphatic heterocycles. The molecule has 0 bridgehead atoms. The maximum Gasteiger partial charge on any atom is 0.287 e. The predicted molar refractivity (Wildman–Crippen MR) is 139 cm³/mol. The van der Waals surface area contributed by atoms with Crippen LogP contribution in [0.3, 0.4) is 0 Å². The summed E-state index contributed by atoms with van der Waals surface area (Å²) in [6, 6.07) is 17.0. The van der Waals surface area contributed by atoms with Gasteiger partial charge < -0.3 is 19.8 Å². The first-order valence-corrected chi connectivity index (χ1v) is 11.3. The third-order valence-corrected chi connectivity index (χ3v) is 5.29. The van der Waals surface area contributed by atoms with Gasteiger partial charge in [-0.25, -0.2) is 4.98 Å². The van der Waals surface area contributed by atoms with Crippen LogP contribution in [0.5, 0.6) is 0 Å². The fourth-order valence-corrected chi connectivity index (χ4v) is 3.61. The summed E-state index contributed by atoms with van der Waals surface area (Å²) in [5.41, 5.74) is 5.53. The van der Waals surface area contributed by atoms with Crippen LogP contribution >= 0.6 is 0 Å². The molecule has 0 atom stereocenters. The Morgan fingerprint density at radius 1 is 1.09 bits per heavy atom. The number of amides is 1. The zero-order valence-electron chi connectivity index (χ0n) is 19.9. The maximum atomic E-state index is 12.6. The van der Waals surface area contributed by atoms with Crippen LogP contribution in [0.15, 0.2) is 53.1 Å². The van der Waals surface area contributed by atoms with Crippen LogP contribution in [0.4, 0.5) is 0 Å². The number of carbonyl (C=O) groups excluding carboxylic acids is 1. The summed E-state index contributed by atoms with van der Waals surface area (Å²) in [7, 11) is 0. The summed E-state index contributed by atoms with van der Waals surface area (Å²) in [6.45, 7) is 7.99. The number of hydrogen-bond acceptors (Lipinski definition) is 6. The molecule has 0 spiro atoms. The molecule has 0 fully saturated rings. The third kappa shape index (κ3) is 4.96. The summed E-state index contributed by atoms with van der Waals surface area (Å²) >= 11 is 0. The lowest BCUT2D eigenvalue weighted by Gasteiger charge is -2.03. The lowest BCUT2D eigenvalue weighted by atomic mass is 10.1. The minimum absolute atomic E-state index is 0. The van der Waals surface area contributed by atoms with Gasteiger partial charge in [0.1, 0.15) is 5.69 Å². The van der Waals surface area contributed by atoms with Crippen molar-refractivity contribution in [3.05, 3.63) is 77.0 Å². The Morgan fingerprint density at radius 2 is 1.86 bits per heavy atom. The number of benzene rings is 2. The standard InChI is InChI=1S/C24H19N7O2.C2H6.3H2/c1-13-21(30-22(27-13)23(32)26-12-16-5-3-15(11-25)4-6-16)17-7-8-19-18(9-17)10-20(29-19)24-28-14(2)31-33-24;1-2;;;/h3-10,29H,12H2,1-2H3,(H,26,32)(H,27,30);1-2H3;3*1H. The molecule has 3 heterocycles. The minimum Gasteiger partial charge on any atom is -0.351 e. The van der Waals surface area contributed by atoms with Crippen LogP contribution in [0, 0.1) is 25.2 Å². The lowest BCUT2D eigenvalue weighted by molar-refractivity contribution is 0.0941. The van der Waals surface area contributed by atoms with Crippen molar-refractivity contribution in [3.8, 4) is 28.9 Å². The molecule has 0 aliphatic carbocycles. The topological polar surface area (TPSA) is 136 Å². The van der Waals surface area contributed by atoms with E-state index in [1.807, 2.05) is 57.2 Å². The van der Waals surface area contributed by atoms with Crippen LogP contribution in [0.25, 0.3) is 33.7 Å². The summed E-state index contributed by atoms with van der Waals surface area (Å²) in [5, 5.41) is 16.5. The molecule has 0 aliphatic rings. The number of nitrogens with one attached hydrogen (secondary N) is 3. The van der Waals surface area contributed by atoms with E-state index < -0.39 is 0 Å². The van der Waals surface area contributed by atoms with Gasteiger partial charge in [-0.1, -0.05) is 37.2 Å². The van der Waals surface area contributed by atoms with Crippen LogP contribution < -0.4 is 5.32 Å². The molecule has 182 valence electrons. The number of aromatic amines is 2. The molecular formula is C26H31N7O2. The summed E-state index contributed by atoms with van der Waals surface area (Å²) < 4.78 is 5.24. The van der Waals surface area contributed by atoms with E-state index in [1.165, 1.54) is 0 Å². The highest BCUT2D eigenvalue weighted by molar-refractivity contribution is 5.92. The van der Waals surface area contributed by atoms with Gasteiger partial charge in [-0.15, -0.1) is 0 Å². The van der Waals surface area contributed by atoms with Crippen molar-refractivity contribution >= 4 is 16.8 Å². The lowest BCUT2D eigenvalue weighted by Crippen LogP contribution is -2.24. The Morgan fingerprint density at radius 3 is 2.54 bits per heavy atom. The van der Waals surface area contributed by atoms with Crippen molar-refractivity contribution in [1.82, 2.24) is 30.4 Å². The zero-order chi connectivity index (χ0) is 24.9. The van der Waals surface area contributed by atoms with Crippen molar-refractivity contribution in [2.45, 2.75) is 34.2 Å². The largest absolute Gasteiger partial charge is 0.351 e. The highest BCUT2D eigenvalue weighted by Crippen LogP contribution is 2.28. The quantitative estimate of drug-likeness (QED) is 0.295. The van der Waals surface area contributed by atoms with E-state index in [4.69, 9.17) is 9.78 Å². The Kier molecular flexibility index (Phi) is 6.73. The normalized spacial score (nSPS) is 10.5. The van der Waals surface area contributed by atoms with E-state index in [2.05, 4.69) is 36.5 Å². The van der Waals surface area contributed by atoms with Crippen LogP contribution in [0.1, 0.15) is 51.4 Å². The van der Waals surface area contributed by atoms with Gasteiger partial charge in [0.25, 0.3) is 11.8 Å². The van der Waals surface area contributed by atoms with Gasteiger partial charge in [-0.3, -0.25) is 4.79 Å². The third-order valence-electron chi connectivity index (χ3n) is 5.29.